The Morgan fingerprint density at radius 3 is 2.50 bits per heavy atom. The van der Waals surface area contributed by atoms with Gasteiger partial charge in [-0.05, 0) is 44.3 Å². The summed E-state index contributed by atoms with van der Waals surface area (Å²) >= 11 is 2.12. The molecule has 2 rings (SSSR count). The summed E-state index contributed by atoms with van der Waals surface area (Å²) in [6.07, 6.45) is 6.94. The molecule has 0 radical (unpaired) electrons. The maximum atomic E-state index is 3.65. The number of likely N-dealkylation sites (tertiary alicyclic amines) is 1. The second kappa shape index (κ2) is 7.16. The van der Waals surface area contributed by atoms with Crippen LogP contribution in [0.2, 0.25) is 0 Å². The standard InChI is InChI=1S/C15H30N2S/c1-3-15(4-2)6-10-17(11-7-15)9-5-14-13-18-12-8-16-14/h14,16H,3-13H2,1-2H3. The summed E-state index contributed by atoms with van der Waals surface area (Å²) in [4.78, 5) is 2.70. The Balaban J connectivity index is 1.66. The normalized spacial score (nSPS) is 29.3. The van der Waals surface area contributed by atoms with E-state index in [0.717, 1.165) is 6.04 Å². The van der Waals surface area contributed by atoms with E-state index in [-0.39, 0.29) is 0 Å². The molecule has 2 heterocycles. The minimum absolute atomic E-state index is 0.676. The second-order valence-corrected chi connectivity index (χ2v) is 7.21. The molecule has 106 valence electrons. The molecule has 0 saturated carbocycles. The van der Waals surface area contributed by atoms with Gasteiger partial charge in [0.25, 0.3) is 0 Å². The van der Waals surface area contributed by atoms with E-state index < -0.39 is 0 Å². The van der Waals surface area contributed by atoms with Crippen molar-refractivity contribution in [3.8, 4) is 0 Å². The number of nitrogens with one attached hydrogen (secondary N) is 1. The SMILES string of the molecule is CCC1(CC)CCN(CCC2CSCCN2)CC1. The van der Waals surface area contributed by atoms with Crippen molar-refractivity contribution in [1.29, 1.82) is 0 Å². The third-order valence-electron chi connectivity index (χ3n) is 5.21. The number of nitrogens with zero attached hydrogens (tertiary/aromatic N) is 1. The van der Waals surface area contributed by atoms with Gasteiger partial charge in [0.1, 0.15) is 0 Å². The summed E-state index contributed by atoms with van der Waals surface area (Å²) in [6.45, 7) is 9.94. The van der Waals surface area contributed by atoms with Gasteiger partial charge >= 0.3 is 0 Å². The maximum absolute atomic E-state index is 3.65. The zero-order chi connectivity index (χ0) is 12.8. The molecule has 0 spiro atoms. The zero-order valence-corrected chi connectivity index (χ0v) is 13.0. The first-order valence-electron chi connectivity index (χ1n) is 7.81. The molecule has 2 aliphatic heterocycles. The Morgan fingerprint density at radius 2 is 1.94 bits per heavy atom. The van der Waals surface area contributed by atoms with E-state index in [1.165, 1.54) is 69.8 Å². The van der Waals surface area contributed by atoms with E-state index in [1.807, 2.05) is 0 Å². The average Bonchev–Trinajstić information content (AvgIpc) is 2.47. The van der Waals surface area contributed by atoms with E-state index in [4.69, 9.17) is 0 Å². The summed E-state index contributed by atoms with van der Waals surface area (Å²) in [5, 5.41) is 3.65. The van der Waals surface area contributed by atoms with Crippen LogP contribution in [0.15, 0.2) is 0 Å². The molecule has 18 heavy (non-hydrogen) atoms. The van der Waals surface area contributed by atoms with Gasteiger partial charge in [0.05, 0.1) is 0 Å². The van der Waals surface area contributed by atoms with Crippen LogP contribution in [0.3, 0.4) is 0 Å². The van der Waals surface area contributed by atoms with Gasteiger partial charge in [0.15, 0.2) is 0 Å². The third kappa shape index (κ3) is 3.88. The average molecular weight is 270 g/mol. The molecule has 1 atom stereocenters. The number of hydrogen-bond donors (Lipinski definition) is 1. The predicted molar refractivity (Wildman–Crippen MR) is 82.4 cm³/mol. The summed E-state index contributed by atoms with van der Waals surface area (Å²) in [7, 11) is 0. The van der Waals surface area contributed by atoms with Crippen molar-refractivity contribution in [2.24, 2.45) is 5.41 Å². The first-order valence-corrected chi connectivity index (χ1v) is 8.97. The quantitative estimate of drug-likeness (QED) is 0.827. The molecule has 2 aliphatic rings. The van der Waals surface area contributed by atoms with Gasteiger partial charge in [0, 0.05) is 24.1 Å². The Kier molecular flexibility index (Phi) is 5.84. The topological polar surface area (TPSA) is 15.3 Å². The fourth-order valence-corrected chi connectivity index (χ4v) is 4.35. The van der Waals surface area contributed by atoms with Gasteiger partial charge < -0.3 is 10.2 Å². The van der Waals surface area contributed by atoms with Crippen LogP contribution in [0.5, 0.6) is 0 Å². The highest BCUT2D eigenvalue weighted by Gasteiger charge is 2.31. The van der Waals surface area contributed by atoms with Crippen LogP contribution in [-0.2, 0) is 0 Å². The van der Waals surface area contributed by atoms with Crippen molar-refractivity contribution >= 4 is 11.8 Å². The van der Waals surface area contributed by atoms with Crippen LogP contribution >= 0.6 is 11.8 Å². The van der Waals surface area contributed by atoms with E-state index in [1.54, 1.807) is 0 Å². The Hall–Kier alpha value is 0.270. The maximum Gasteiger partial charge on any atom is 0.0170 e. The van der Waals surface area contributed by atoms with Gasteiger partial charge in [-0.25, -0.2) is 0 Å². The van der Waals surface area contributed by atoms with Crippen molar-refractivity contribution in [2.75, 3.05) is 37.7 Å². The van der Waals surface area contributed by atoms with Crippen molar-refractivity contribution in [3.05, 3.63) is 0 Å². The molecule has 0 bridgehead atoms. The molecule has 0 aliphatic carbocycles. The van der Waals surface area contributed by atoms with E-state index >= 15 is 0 Å². The number of hydrogen-bond acceptors (Lipinski definition) is 3. The Labute approximate surface area is 117 Å². The number of piperidine rings is 1. The van der Waals surface area contributed by atoms with Crippen molar-refractivity contribution in [2.45, 2.75) is 52.0 Å². The van der Waals surface area contributed by atoms with Crippen LogP contribution in [0.4, 0.5) is 0 Å². The summed E-state index contributed by atoms with van der Waals surface area (Å²) in [6, 6.07) is 0.771. The summed E-state index contributed by atoms with van der Waals surface area (Å²) in [5.41, 5.74) is 0.676. The summed E-state index contributed by atoms with van der Waals surface area (Å²) < 4.78 is 0. The van der Waals surface area contributed by atoms with Crippen LogP contribution in [0.1, 0.15) is 46.0 Å². The monoisotopic (exact) mass is 270 g/mol. The minimum atomic E-state index is 0.676. The lowest BCUT2D eigenvalue weighted by Gasteiger charge is -2.41. The molecule has 2 saturated heterocycles. The fraction of sp³-hybridized carbons (Fsp3) is 1.00. The lowest BCUT2D eigenvalue weighted by Crippen LogP contribution is -2.43. The highest BCUT2D eigenvalue weighted by Crippen LogP contribution is 2.37. The first-order chi connectivity index (χ1) is 8.78. The largest absolute Gasteiger partial charge is 0.312 e. The molecular formula is C15H30N2S. The molecule has 0 aromatic carbocycles. The molecule has 2 fully saturated rings. The zero-order valence-electron chi connectivity index (χ0n) is 12.2. The highest BCUT2D eigenvalue weighted by molar-refractivity contribution is 7.99. The van der Waals surface area contributed by atoms with E-state index in [0.29, 0.717) is 5.41 Å². The lowest BCUT2D eigenvalue weighted by atomic mass is 9.74. The minimum Gasteiger partial charge on any atom is -0.312 e. The molecule has 2 nitrogen and oxygen atoms in total. The van der Waals surface area contributed by atoms with Crippen molar-refractivity contribution in [3.63, 3.8) is 0 Å². The van der Waals surface area contributed by atoms with Gasteiger partial charge in [-0.2, -0.15) is 11.8 Å². The van der Waals surface area contributed by atoms with Gasteiger partial charge in [0.2, 0.25) is 0 Å². The van der Waals surface area contributed by atoms with Crippen molar-refractivity contribution < 1.29 is 0 Å². The molecule has 0 aromatic heterocycles. The molecule has 1 unspecified atom stereocenters. The van der Waals surface area contributed by atoms with Crippen LogP contribution < -0.4 is 5.32 Å². The van der Waals surface area contributed by atoms with Crippen LogP contribution in [0.25, 0.3) is 0 Å². The van der Waals surface area contributed by atoms with Crippen LogP contribution in [0, 0.1) is 5.41 Å². The molecule has 1 N–H and O–H groups in total. The molecule has 0 amide bonds. The summed E-state index contributed by atoms with van der Waals surface area (Å²) in [5.74, 6) is 2.62. The van der Waals surface area contributed by atoms with E-state index in [9.17, 15) is 0 Å². The first kappa shape index (κ1) is 14.7. The Morgan fingerprint density at radius 1 is 1.22 bits per heavy atom. The number of rotatable bonds is 5. The predicted octanol–water partition coefficient (Wildman–Crippen LogP) is 2.98. The Bertz CT molecular complexity index is 225. The van der Waals surface area contributed by atoms with Gasteiger partial charge in [-0.1, -0.05) is 26.7 Å². The number of thioether (sulfide) groups is 1. The van der Waals surface area contributed by atoms with Gasteiger partial charge in [-0.15, -0.1) is 0 Å². The second-order valence-electron chi connectivity index (χ2n) is 6.06. The highest BCUT2D eigenvalue weighted by atomic mass is 32.2. The smallest absolute Gasteiger partial charge is 0.0170 e. The molecule has 0 aromatic rings. The van der Waals surface area contributed by atoms with Gasteiger partial charge in [-0.3, -0.25) is 0 Å². The van der Waals surface area contributed by atoms with E-state index in [2.05, 4.69) is 35.8 Å². The fourth-order valence-electron chi connectivity index (χ4n) is 3.35. The third-order valence-corrected chi connectivity index (χ3v) is 6.34. The lowest BCUT2D eigenvalue weighted by molar-refractivity contribution is 0.0931. The molecule has 3 heteroatoms. The van der Waals surface area contributed by atoms with Crippen molar-refractivity contribution in [1.82, 2.24) is 10.2 Å². The molecular weight excluding hydrogens is 240 g/mol. The van der Waals surface area contributed by atoms with Crippen LogP contribution in [-0.4, -0.2) is 48.6 Å².